The summed E-state index contributed by atoms with van der Waals surface area (Å²) in [6.07, 6.45) is 3.89. The molecular weight excluding hydrogens is 250 g/mol. The van der Waals surface area contributed by atoms with E-state index >= 15 is 0 Å². The Balaban J connectivity index is 2.30. The van der Waals surface area contributed by atoms with Crippen LogP contribution in [0.4, 0.5) is 5.82 Å². The van der Waals surface area contributed by atoms with Crippen LogP contribution in [0.15, 0.2) is 48.6 Å². The summed E-state index contributed by atoms with van der Waals surface area (Å²) >= 11 is 0. The van der Waals surface area contributed by atoms with E-state index in [1.165, 1.54) is 0 Å². The quantitative estimate of drug-likeness (QED) is 0.815. The number of aromatic nitrogens is 2. The molecule has 4 nitrogen and oxygen atoms in total. The molecule has 1 aromatic carbocycles. The normalized spacial score (nSPS) is 10.7. The third-order valence-electron chi connectivity index (χ3n) is 2.66. The minimum atomic E-state index is 0.507. The van der Waals surface area contributed by atoms with Gasteiger partial charge in [-0.15, -0.1) is 0 Å². The molecule has 0 unspecified atom stereocenters. The molecule has 2 aromatic rings. The van der Waals surface area contributed by atoms with Crippen LogP contribution in [0, 0.1) is 0 Å². The van der Waals surface area contributed by atoms with Crippen LogP contribution in [-0.2, 0) is 0 Å². The molecule has 0 radical (unpaired) electrons. The van der Waals surface area contributed by atoms with Crippen molar-refractivity contribution >= 4 is 5.82 Å². The maximum Gasteiger partial charge on any atom is 0.219 e. The first-order valence-corrected chi connectivity index (χ1v) is 6.75. The molecule has 0 aliphatic heterocycles. The van der Waals surface area contributed by atoms with Gasteiger partial charge in [-0.2, -0.15) is 4.98 Å². The fourth-order valence-electron chi connectivity index (χ4n) is 1.72. The van der Waals surface area contributed by atoms with Gasteiger partial charge in [0.2, 0.25) is 5.88 Å². The average Bonchev–Trinajstić information content (AvgIpc) is 2.49. The van der Waals surface area contributed by atoms with Gasteiger partial charge in [0.1, 0.15) is 12.4 Å². The molecule has 1 aromatic heterocycles. The van der Waals surface area contributed by atoms with Gasteiger partial charge >= 0.3 is 0 Å². The van der Waals surface area contributed by atoms with Crippen LogP contribution in [0.1, 0.15) is 13.8 Å². The second-order valence-corrected chi connectivity index (χ2v) is 4.19. The summed E-state index contributed by atoms with van der Waals surface area (Å²) in [6.45, 7) is 5.31. The molecule has 0 spiro atoms. The lowest BCUT2D eigenvalue weighted by Gasteiger charge is -2.09. The van der Waals surface area contributed by atoms with Crippen molar-refractivity contribution in [3.05, 3.63) is 48.6 Å². The highest BCUT2D eigenvalue weighted by atomic mass is 16.5. The summed E-state index contributed by atoms with van der Waals surface area (Å²) in [6, 6.07) is 11.7. The molecule has 0 saturated carbocycles. The van der Waals surface area contributed by atoms with E-state index in [4.69, 9.17) is 4.74 Å². The van der Waals surface area contributed by atoms with E-state index in [-0.39, 0.29) is 0 Å². The highest BCUT2D eigenvalue weighted by Crippen LogP contribution is 2.21. The van der Waals surface area contributed by atoms with Crippen molar-refractivity contribution in [3.63, 3.8) is 0 Å². The zero-order valence-corrected chi connectivity index (χ0v) is 11.8. The Kier molecular flexibility index (Phi) is 5.12. The lowest BCUT2D eigenvalue weighted by molar-refractivity contribution is 0.348. The van der Waals surface area contributed by atoms with Crippen molar-refractivity contribution in [2.75, 3.05) is 18.5 Å². The predicted molar refractivity (Wildman–Crippen MR) is 81.9 cm³/mol. The van der Waals surface area contributed by atoms with Crippen molar-refractivity contribution in [2.24, 2.45) is 0 Å². The van der Waals surface area contributed by atoms with Crippen molar-refractivity contribution in [1.82, 2.24) is 9.97 Å². The minimum absolute atomic E-state index is 0.507. The van der Waals surface area contributed by atoms with Gasteiger partial charge in [-0.1, -0.05) is 42.5 Å². The second kappa shape index (κ2) is 7.28. The van der Waals surface area contributed by atoms with Gasteiger partial charge in [0.25, 0.3) is 0 Å². The first kappa shape index (κ1) is 14.1. The summed E-state index contributed by atoms with van der Waals surface area (Å²) in [4.78, 5) is 8.95. The summed E-state index contributed by atoms with van der Waals surface area (Å²) in [5.41, 5.74) is 0.975. The molecule has 0 fully saturated rings. The number of hydrogen-bond acceptors (Lipinski definition) is 4. The SMILES string of the molecule is C/C=C/COc1cc(NCC)nc(-c2ccccc2)n1. The summed E-state index contributed by atoms with van der Waals surface area (Å²) in [5, 5.41) is 3.20. The molecule has 2 rings (SSSR count). The Hall–Kier alpha value is -2.36. The summed E-state index contributed by atoms with van der Waals surface area (Å²) < 4.78 is 5.62. The molecule has 4 heteroatoms. The van der Waals surface area contributed by atoms with E-state index in [0.29, 0.717) is 18.3 Å². The Morgan fingerprint density at radius 1 is 1.20 bits per heavy atom. The topological polar surface area (TPSA) is 47.0 Å². The Labute approximate surface area is 119 Å². The van der Waals surface area contributed by atoms with E-state index in [2.05, 4.69) is 15.3 Å². The molecule has 0 aliphatic rings. The molecule has 0 bridgehead atoms. The monoisotopic (exact) mass is 269 g/mol. The maximum atomic E-state index is 5.62. The van der Waals surface area contributed by atoms with E-state index in [1.807, 2.05) is 62.4 Å². The van der Waals surface area contributed by atoms with Crippen LogP contribution in [0.5, 0.6) is 5.88 Å². The Morgan fingerprint density at radius 3 is 2.70 bits per heavy atom. The third-order valence-corrected chi connectivity index (χ3v) is 2.66. The van der Waals surface area contributed by atoms with Crippen LogP contribution in [-0.4, -0.2) is 23.1 Å². The average molecular weight is 269 g/mol. The van der Waals surface area contributed by atoms with Crippen molar-refractivity contribution < 1.29 is 4.74 Å². The number of ether oxygens (including phenoxy) is 1. The number of rotatable bonds is 6. The van der Waals surface area contributed by atoms with E-state index < -0.39 is 0 Å². The highest BCUT2D eigenvalue weighted by molar-refractivity contribution is 5.58. The van der Waals surface area contributed by atoms with Crippen LogP contribution in [0.3, 0.4) is 0 Å². The fraction of sp³-hybridized carbons (Fsp3) is 0.250. The van der Waals surface area contributed by atoms with E-state index in [0.717, 1.165) is 17.9 Å². The molecule has 0 aliphatic carbocycles. The number of hydrogen-bond donors (Lipinski definition) is 1. The molecule has 0 saturated heterocycles. The standard InChI is InChI=1S/C16H19N3O/c1-3-5-11-20-15-12-14(17-4-2)18-16(19-15)13-9-7-6-8-10-13/h3,5-10,12H,4,11H2,1-2H3,(H,17,18,19)/b5-3+. The Bertz CT molecular complexity index is 567. The van der Waals surface area contributed by atoms with Crippen LogP contribution in [0.25, 0.3) is 11.4 Å². The van der Waals surface area contributed by atoms with E-state index in [9.17, 15) is 0 Å². The van der Waals surface area contributed by atoms with Crippen molar-refractivity contribution in [3.8, 4) is 17.3 Å². The molecule has 1 N–H and O–H groups in total. The van der Waals surface area contributed by atoms with E-state index in [1.54, 1.807) is 0 Å². The number of anilines is 1. The first-order valence-electron chi connectivity index (χ1n) is 6.75. The second-order valence-electron chi connectivity index (χ2n) is 4.19. The summed E-state index contributed by atoms with van der Waals surface area (Å²) in [7, 11) is 0. The van der Waals surface area contributed by atoms with Crippen molar-refractivity contribution in [1.29, 1.82) is 0 Å². The lowest BCUT2D eigenvalue weighted by atomic mass is 10.2. The summed E-state index contributed by atoms with van der Waals surface area (Å²) in [5.74, 6) is 2.02. The van der Waals surface area contributed by atoms with Crippen molar-refractivity contribution in [2.45, 2.75) is 13.8 Å². The number of nitrogens with one attached hydrogen (secondary N) is 1. The fourth-order valence-corrected chi connectivity index (χ4v) is 1.72. The molecule has 0 amide bonds. The Morgan fingerprint density at radius 2 is 2.00 bits per heavy atom. The van der Waals surface area contributed by atoms with Gasteiger partial charge in [0, 0.05) is 18.2 Å². The lowest BCUT2D eigenvalue weighted by Crippen LogP contribution is -2.04. The van der Waals surface area contributed by atoms with Gasteiger partial charge in [-0.25, -0.2) is 4.98 Å². The van der Waals surface area contributed by atoms with Gasteiger partial charge in [0.15, 0.2) is 5.82 Å². The van der Waals surface area contributed by atoms with Gasteiger partial charge in [-0.3, -0.25) is 0 Å². The predicted octanol–water partition coefficient (Wildman–Crippen LogP) is 3.53. The maximum absolute atomic E-state index is 5.62. The van der Waals surface area contributed by atoms with Gasteiger partial charge in [-0.05, 0) is 13.8 Å². The molecule has 20 heavy (non-hydrogen) atoms. The highest BCUT2D eigenvalue weighted by Gasteiger charge is 2.06. The van der Waals surface area contributed by atoms with Gasteiger partial charge in [0.05, 0.1) is 0 Å². The zero-order valence-electron chi connectivity index (χ0n) is 11.8. The largest absolute Gasteiger partial charge is 0.473 e. The number of benzene rings is 1. The van der Waals surface area contributed by atoms with Crippen LogP contribution < -0.4 is 10.1 Å². The first-order chi connectivity index (χ1) is 9.83. The number of nitrogens with zero attached hydrogens (tertiary/aromatic N) is 2. The minimum Gasteiger partial charge on any atom is -0.473 e. The number of allylic oxidation sites excluding steroid dienone is 1. The van der Waals surface area contributed by atoms with Crippen LogP contribution in [0.2, 0.25) is 0 Å². The molecular formula is C16H19N3O. The smallest absolute Gasteiger partial charge is 0.219 e. The van der Waals surface area contributed by atoms with Crippen LogP contribution >= 0.6 is 0 Å². The third kappa shape index (κ3) is 3.82. The molecule has 1 heterocycles. The van der Waals surface area contributed by atoms with Gasteiger partial charge < -0.3 is 10.1 Å². The molecule has 104 valence electrons. The molecule has 0 atom stereocenters. The zero-order chi connectivity index (χ0) is 14.2.